The smallest absolute Gasteiger partial charge is 0.269 e. The molecule has 0 saturated heterocycles. The first-order valence-corrected chi connectivity index (χ1v) is 4.70. The van der Waals surface area contributed by atoms with E-state index >= 15 is 0 Å². The Balaban J connectivity index is 2.84. The molecule has 0 aliphatic carbocycles. The second-order valence-corrected chi connectivity index (χ2v) is 3.07. The van der Waals surface area contributed by atoms with Gasteiger partial charge in [-0.25, -0.2) is 0 Å². The van der Waals surface area contributed by atoms with Gasteiger partial charge in [0.05, 0.1) is 4.92 Å². The van der Waals surface area contributed by atoms with Crippen LogP contribution in [0.1, 0.15) is 18.9 Å². The van der Waals surface area contributed by atoms with Crippen molar-refractivity contribution < 1.29 is 4.92 Å². The van der Waals surface area contributed by atoms with Crippen LogP contribution in [-0.2, 0) is 0 Å². The lowest BCUT2D eigenvalue weighted by atomic mass is 10.2. The van der Waals surface area contributed by atoms with E-state index in [1.807, 2.05) is 6.92 Å². The fourth-order valence-electron chi connectivity index (χ4n) is 1.08. The van der Waals surface area contributed by atoms with Gasteiger partial charge in [-0.3, -0.25) is 15.1 Å². The Kier molecular flexibility index (Phi) is 3.79. The molecule has 15 heavy (non-hydrogen) atoms. The minimum absolute atomic E-state index is 0.0574. The predicted molar refractivity (Wildman–Crippen MR) is 59.0 cm³/mol. The molecule has 0 saturated carbocycles. The molecule has 1 aromatic carbocycles. The van der Waals surface area contributed by atoms with Crippen LogP contribution >= 0.6 is 0 Å². The standard InChI is InChI=1S/C10H13N3O2/c1-2-7-12-10(11)8-3-5-9(6-4-8)13(14)15/h3-6H,2,7H2,1H3,(H2,11,12). The zero-order valence-corrected chi connectivity index (χ0v) is 8.51. The van der Waals surface area contributed by atoms with Crippen molar-refractivity contribution >= 4 is 11.5 Å². The summed E-state index contributed by atoms with van der Waals surface area (Å²) in [5.41, 5.74) is 6.46. The molecule has 1 aromatic rings. The summed E-state index contributed by atoms with van der Waals surface area (Å²) in [6.45, 7) is 2.68. The van der Waals surface area contributed by atoms with Crippen LogP contribution in [0.25, 0.3) is 0 Å². The number of nitrogens with two attached hydrogens (primary N) is 1. The molecule has 0 aromatic heterocycles. The van der Waals surface area contributed by atoms with Crippen LogP contribution in [0.4, 0.5) is 5.69 Å². The zero-order chi connectivity index (χ0) is 11.3. The Hall–Kier alpha value is -1.91. The van der Waals surface area contributed by atoms with Crippen molar-refractivity contribution in [3.8, 4) is 0 Å². The van der Waals surface area contributed by atoms with Gasteiger partial charge in [-0.1, -0.05) is 6.92 Å². The molecule has 0 amide bonds. The molecule has 5 nitrogen and oxygen atoms in total. The molecule has 0 fully saturated rings. The quantitative estimate of drug-likeness (QED) is 0.353. The van der Waals surface area contributed by atoms with E-state index in [1.165, 1.54) is 12.1 Å². The lowest BCUT2D eigenvalue weighted by Crippen LogP contribution is -2.13. The second kappa shape index (κ2) is 5.09. The van der Waals surface area contributed by atoms with Crippen molar-refractivity contribution in [2.75, 3.05) is 6.54 Å². The summed E-state index contributed by atoms with van der Waals surface area (Å²) in [5.74, 6) is 0.423. The van der Waals surface area contributed by atoms with Crippen molar-refractivity contribution in [2.24, 2.45) is 10.7 Å². The van der Waals surface area contributed by atoms with E-state index in [-0.39, 0.29) is 5.69 Å². The van der Waals surface area contributed by atoms with Crippen molar-refractivity contribution in [3.05, 3.63) is 39.9 Å². The lowest BCUT2D eigenvalue weighted by molar-refractivity contribution is -0.384. The summed E-state index contributed by atoms with van der Waals surface area (Å²) in [6, 6.07) is 6.05. The Bertz CT molecular complexity index is 371. The second-order valence-electron chi connectivity index (χ2n) is 3.07. The monoisotopic (exact) mass is 207 g/mol. The van der Waals surface area contributed by atoms with Gasteiger partial charge >= 0.3 is 0 Å². The first-order valence-electron chi connectivity index (χ1n) is 4.70. The third-order valence-corrected chi connectivity index (χ3v) is 1.88. The Morgan fingerprint density at radius 3 is 2.53 bits per heavy atom. The van der Waals surface area contributed by atoms with Crippen molar-refractivity contribution in [2.45, 2.75) is 13.3 Å². The topological polar surface area (TPSA) is 81.5 Å². The molecule has 0 spiro atoms. The molecular weight excluding hydrogens is 194 g/mol. The summed E-state index contributed by atoms with van der Waals surface area (Å²) in [5, 5.41) is 10.4. The van der Waals surface area contributed by atoms with Crippen molar-refractivity contribution in [3.63, 3.8) is 0 Å². The number of nitrogens with zero attached hydrogens (tertiary/aromatic N) is 2. The van der Waals surface area contributed by atoms with Gasteiger partial charge in [-0.2, -0.15) is 0 Å². The maximum absolute atomic E-state index is 10.4. The van der Waals surface area contributed by atoms with Gasteiger partial charge in [-0.15, -0.1) is 0 Å². The summed E-state index contributed by atoms with van der Waals surface area (Å²) in [6.07, 6.45) is 0.924. The highest BCUT2D eigenvalue weighted by atomic mass is 16.6. The molecule has 0 aliphatic heterocycles. The largest absolute Gasteiger partial charge is 0.384 e. The Morgan fingerprint density at radius 1 is 1.47 bits per heavy atom. The van der Waals surface area contributed by atoms with Crippen LogP contribution in [0.5, 0.6) is 0 Å². The van der Waals surface area contributed by atoms with Gasteiger partial charge in [-0.05, 0) is 18.6 Å². The summed E-state index contributed by atoms with van der Waals surface area (Å²) in [7, 11) is 0. The molecule has 0 heterocycles. The first-order chi connectivity index (χ1) is 7.15. The number of non-ortho nitro benzene ring substituents is 1. The van der Waals surface area contributed by atoms with Crippen LogP contribution in [0.15, 0.2) is 29.3 Å². The van der Waals surface area contributed by atoms with Gasteiger partial charge in [0.25, 0.3) is 5.69 Å². The van der Waals surface area contributed by atoms with E-state index in [0.717, 1.165) is 6.42 Å². The van der Waals surface area contributed by atoms with E-state index in [9.17, 15) is 10.1 Å². The fraction of sp³-hybridized carbons (Fsp3) is 0.300. The van der Waals surface area contributed by atoms with Gasteiger partial charge in [0.15, 0.2) is 0 Å². The van der Waals surface area contributed by atoms with Crippen molar-refractivity contribution in [1.29, 1.82) is 0 Å². The highest BCUT2D eigenvalue weighted by Gasteiger charge is 2.05. The van der Waals surface area contributed by atoms with Gasteiger partial charge in [0, 0.05) is 24.2 Å². The SMILES string of the molecule is CCCN=C(N)c1ccc([N+](=O)[O-])cc1. The number of benzene rings is 1. The van der Waals surface area contributed by atoms with Gasteiger partial charge in [0.1, 0.15) is 5.84 Å². The Labute approximate surface area is 87.8 Å². The van der Waals surface area contributed by atoms with Crippen LogP contribution in [0.2, 0.25) is 0 Å². The minimum atomic E-state index is -0.441. The van der Waals surface area contributed by atoms with Gasteiger partial charge < -0.3 is 5.73 Å². The van der Waals surface area contributed by atoms with Gasteiger partial charge in [0.2, 0.25) is 0 Å². The highest BCUT2D eigenvalue weighted by Crippen LogP contribution is 2.11. The van der Waals surface area contributed by atoms with E-state index in [2.05, 4.69) is 4.99 Å². The molecule has 0 bridgehead atoms. The molecule has 0 unspecified atom stereocenters. The Morgan fingerprint density at radius 2 is 2.07 bits per heavy atom. The van der Waals surface area contributed by atoms with Crippen LogP contribution < -0.4 is 5.73 Å². The number of hydrogen-bond donors (Lipinski definition) is 1. The normalized spacial score (nSPS) is 11.4. The number of amidine groups is 1. The molecule has 0 aliphatic rings. The molecule has 80 valence electrons. The first kappa shape index (κ1) is 11.2. The van der Waals surface area contributed by atoms with Crippen LogP contribution in [0, 0.1) is 10.1 Å². The maximum atomic E-state index is 10.4. The molecule has 0 radical (unpaired) electrons. The van der Waals surface area contributed by atoms with Crippen LogP contribution in [0.3, 0.4) is 0 Å². The van der Waals surface area contributed by atoms with E-state index in [1.54, 1.807) is 12.1 Å². The number of nitro benzene ring substituents is 1. The van der Waals surface area contributed by atoms with E-state index in [0.29, 0.717) is 17.9 Å². The van der Waals surface area contributed by atoms with E-state index in [4.69, 9.17) is 5.73 Å². The number of nitro groups is 1. The summed E-state index contributed by atoms with van der Waals surface area (Å²) in [4.78, 5) is 14.1. The third kappa shape index (κ3) is 3.05. The number of rotatable bonds is 4. The molecular formula is C10H13N3O2. The summed E-state index contributed by atoms with van der Waals surface area (Å²) >= 11 is 0. The fourth-order valence-corrected chi connectivity index (χ4v) is 1.08. The number of aliphatic imine (C=N–C) groups is 1. The highest BCUT2D eigenvalue weighted by molar-refractivity contribution is 5.97. The average Bonchev–Trinajstić information content (AvgIpc) is 2.26. The summed E-state index contributed by atoms with van der Waals surface area (Å²) < 4.78 is 0. The third-order valence-electron chi connectivity index (χ3n) is 1.88. The maximum Gasteiger partial charge on any atom is 0.269 e. The molecule has 0 atom stereocenters. The lowest BCUT2D eigenvalue weighted by Gasteiger charge is -1.99. The average molecular weight is 207 g/mol. The molecule has 5 heteroatoms. The number of hydrogen-bond acceptors (Lipinski definition) is 3. The van der Waals surface area contributed by atoms with E-state index < -0.39 is 4.92 Å². The molecule has 1 rings (SSSR count). The minimum Gasteiger partial charge on any atom is -0.384 e. The van der Waals surface area contributed by atoms with Crippen LogP contribution in [-0.4, -0.2) is 17.3 Å². The molecule has 2 N–H and O–H groups in total. The zero-order valence-electron chi connectivity index (χ0n) is 8.51. The predicted octanol–water partition coefficient (Wildman–Crippen LogP) is 1.71. The van der Waals surface area contributed by atoms with Crippen molar-refractivity contribution in [1.82, 2.24) is 0 Å².